The van der Waals surface area contributed by atoms with E-state index in [0.29, 0.717) is 19.8 Å². The Bertz CT molecular complexity index is 571. The SMILES string of the molecule is CCOc1cccc(OCCC(C)(CN)c2ccccc2)c1. The largest absolute Gasteiger partial charge is 0.494 e. The third-order valence-corrected chi connectivity index (χ3v) is 3.96. The van der Waals surface area contributed by atoms with E-state index in [1.54, 1.807) is 0 Å². The Labute approximate surface area is 133 Å². The highest BCUT2D eigenvalue weighted by Gasteiger charge is 2.24. The summed E-state index contributed by atoms with van der Waals surface area (Å²) in [7, 11) is 0. The number of nitrogens with two attached hydrogens (primary N) is 1. The molecule has 118 valence electrons. The Morgan fingerprint density at radius 3 is 2.27 bits per heavy atom. The van der Waals surface area contributed by atoms with Crippen LogP contribution in [0, 0.1) is 0 Å². The van der Waals surface area contributed by atoms with Crippen molar-refractivity contribution >= 4 is 0 Å². The fourth-order valence-electron chi connectivity index (χ4n) is 2.42. The van der Waals surface area contributed by atoms with Crippen molar-refractivity contribution in [2.75, 3.05) is 19.8 Å². The molecule has 0 saturated carbocycles. The first-order chi connectivity index (χ1) is 10.7. The number of hydrogen-bond donors (Lipinski definition) is 1. The van der Waals surface area contributed by atoms with Gasteiger partial charge in [-0.15, -0.1) is 0 Å². The highest BCUT2D eigenvalue weighted by atomic mass is 16.5. The maximum absolute atomic E-state index is 6.01. The third kappa shape index (κ3) is 4.25. The molecule has 3 nitrogen and oxygen atoms in total. The first-order valence-electron chi connectivity index (χ1n) is 7.79. The number of rotatable bonds is 8. The van der Waals surface area contributed by atoms with Gasteiger partial charge in [0, 0.05) is 18.0 Å². The van der Waals surface area contributed by atoms with Crippen LogP contribution < -0.4 is 15.2 Å². The van der Waals surface area contributed by atoms with E-state index < -0.39 is 0 Å². The second kappa shape index (κ2) is 7.85. The van der Waals surface area contributed by atoms with Gasteiger partial charge >= 0.3 is 0 Å². The van der Waals surface area contributed by atoms with Gasteiger partial charge in [0.1, 0.15) is 11.5 Å². The van der Waals surface area contributed by atoms with Crippen molar-refractivity contribution in [3.8, 4) is 11.5 Å². The Kier molecular flexibility index (Phi) is 5.84. The van der Waals surface area contributed by atoms with Crippen LogP contribution in [0.5, 0.6) is 11.5 Å². The van der Waals surface area contributed by atoms with Crippen molar-refractivity contribution in [1.82, 2.24) is 0 Å². The minimum absolute atomic E-state index is 0.0706. The van der Waals surface area contributed by atoms with E-state index in [9.17, 15) is 0 Å². The van der Waals surface area contributed by atoms with Gasteiger partial charge in [-0.3, -0.25) is 0 Å². The summed E-state index contributed by atoms with van der Waals surface area (Å²) >= 11 is 0. The second-order valence-corrected chi connectivity index (χ2v) is 5.64. The highest BCUT2D eigenvalue weighted by Crippen LogP contribution is 2.27. The van der Waals surface area contributed by atoms with Crippen molar-refractivity contribution in [2.24, 2.45) is 5.73 Å². The minimum atomic E-state index is -0.0706. The lowest BCUT2D eigenvalue weighted by Crippen LogP contribution is -2.33. The molecule has 0 aliphatic rings. The van der Waals surface area contributed by atoms with Crippen molar-refractivity contribution in [2.45, 2.75) is 25.7 Å². The van der Waals surface area contributed by atoms with Gasteiger partial charge in [-0.25, -0.2) is 0 Å². The summed E-state index contributed by atoms with van der Waals surface area (Å²) in [5, 5.41) is 0. The van der Waals surface area contributed by atoms with Crippen molar-refractivity contribution in [3.05, 3.63) is 60.2 Å². The van der Waals surface area contributed by atoms with E-state index in [1.165, 1.54) is 5.56 Å². The van der Waals surface area contributed by atoms with Crippen LogP contribution in [0.25, 0.3) is 0 Å². The van der Waals surface area contributed by atoms with Crippen LogP contribution in [-0.2, 0) is 5.41 Å². The van der Waals surface area contributed by atoms with E-state index >= 15 is 0 Å². The second-order valence-electron chi connectivity index (χ2n) is 5.64. The molecule has 0 aromatic heterocycles. The number of benzene rings is 2. The van der Waals surface area contributed by atoms with E-state index in [0.717, 1.165) is 17.9 Å². The fraction of sp³-hybridized carbons (Fsp3) is 0.368. The maximum Gasteiger partial charge on any atom is 0.122 e. The predicted octanol–water partition coefficient (Wildman–Crippen LogP) is 3.77. The van der Waals surface area contributed by atoms with Gasteiger partial charge in [-0.05, 0) is 31.0 Å². The molecule has 0 radical (unpaired) electrons. The Morgan fingerprint density at radius 1 is 0.955 bits per heavy atom. The van der Waals surface area contributed by atoms with Gasteiger partial charge in [0.15, 0.2) is 0 Å². The predicted molar refractivity (Wildman–Crippen MR) is 90.6 cm³/mol. The molecule has 0 fully saturated rings. The standard InChI is InChI=1S/C19H25NO2/c1-3-21-17-10-7-11-18(14-17)22-13-12-19(2,15-20)16-8-5-4-6-9-16/h4-11,14H,3,12-13,15,20H2,1-2H3. The molecule has 0 heterocycles. The molecule has 0 amide bonds. The molecule has 0 bridgehead atoms. The van der Waals surface area contributed by atoms with Gasteiger partial charge in [0.2, 0.25) is 0 Å². The first kappa shape index (κ1) is 16.4. The van der Waals surface area contributed by atoms with Crippen LogP contribution in [0.2, 0.25) is 0 Å². The molecular weight excluding hydrogens is 274 g/mol. The molecule has 2 aromatic rings. The molecule has 0 saturated heterocycles. The van der Waals surface area contributed by atoms with Gasteiger partial charge in [-0.2, -0.15) is 0 Å². The molecule has 3 heteroatoms. The molecule has 1 atom stereocenters. The fourth-order valence-corrected chi connectivity index (χ4v) is 2.42. The lowest BCUT2D eigenvalue weighted by atomic mass is 9.80. The molecule has 2 aromatic carbocycles. The van der Waals surface area contributed by atoms with Crippen LogP contribution in [0.3, 0.4) is 0 Å². The average molecular weight is 299 g/mol. The summed E-state index contributed by atoms with van der Waals surface area (Å²) in [6, 6.07) is 18.1. The van der Waals surface area contributed by atoms with Crippen LogP contribution in [0.15, 0.2) is 54.6 Å². The topological polar surface area (TPSA) is 44.5 Å². The van der Waals surface area contributed by atoms with E-state index in [4.69, 9.17) is 15.2 Å². The molecule has 2 rings (SSSR count). The average Bonchev–Trinajstić information content (AvgIpc) is 2.56. The van der Waals surface area contributed by atoms with Gasteiger partial charge in [0.25, 0.3) is 0 Å². The summed E-state index contributed by atoms with van der Waals surface area (Å²) in [6.45, 7) is 6.03. The summed E-state index contributed by atoms with van der Waals surface area (Å²) in [6.07, 6.45) is 0.867. The third-order valence-electron chi connectivity index (χ3n) is 3.96. The Balaban J connectivity index is 1.95. The van der Waals surface area contributed by atoms with Crippen molar-refractivity contribution in [3.63, 3.8) is 0 Å². The minimum Gasteiger partial charge on any atom is -0.494 e. The molecule has 0 spiro atoms. The van der Waals surface area contributed by atoms with Gasteiger partial charge in [0.05, 0.1) is 13.2 Å². The molecule has 0 aliphatic carbocycles. The lowest BCUT2D eigenvalue weighted by Gasteiger charge is -2.28. The monoisotopic (exact) mass is 299 g/mol. The maximum atomic E-state index is 6.01. The quantitative estimate of drug-likeness (QED) is 0.807. The summed E-state index contributed by atoms with van der Waals surface area (Å²) in [5.41, 5.74) is 7.19. The van der Waals surface area contributed by atoms with E-state index in [1.807, 2.05) is 37.3 Å². The van der Waals surface area contributed by atoms with E-state index in [-0.39, 0.29) is 5.41 Å². The summed E-state index contributed by atoms with van der Waals surface area (Å²) in [5.74, 6) is 1.67. The van der Waals surface area contributed by atoms with Crippen LogP contribution in [0.4, 0.5) is 0 Å². The van der Waals surface area contributed by atoms with Gasteiger partial charge < -0.3 is 15.2 Å². The number of hydrogen-bond acceptors (Lipinski definition) is 3. The van der Waals surface area contributed by atoms with Gasteiger partial charge in [-0.1, -0.05) is 43.3 Å². The molecule has 2 N–H and O–H groups in total. The Morgan fingerprint density at radius 2 is 1.64 bits per heavy atom. The zero-order valence-corrected chi connectivity index (χ0v) is 13.4. The molecule has 1 unspecified atom stereocenters. The number of ether oxygens (including phenoxy) is 2. The van der Waals surface area contributed by atoms with Crippen LogP contribution >= 0.6 is 0 Å². The lowest BCUT2D eigenvalue weighted by molar-refractivity contribution is 0.264. The summed E-state index contributed by atoms with van der Waals surface area (Å²) in [4.78, 5) is 0. The van der Waals surface area contributed by atoms with E-state index in [2.05, 4.69) is 31.2 Å². The molecular formula is C19H25NO2. The van der Waals surface area contributed by atoms with Crippen molar-refractivity contribution in [1.29, 1.82) is 0 Å². The van der Waals surface area contributed by atoms with Crippen LogP contribution in [-0.4, -0.2) is 19.8 Å². The first-order valence-corrected chi connectivity index (χ1v) is 7.79. The highest BCUT2D eigenvalue weighted by molar-refractivity contribution is 5.33. The normalized spacial score (nSPS) is 13.4. The van der Waals surface area contributed by atoms with Crippen molar-refractivity contribution < 1.29 is 9.47 Å². The van der Waals surface area contributed by atoms with Crippen LogP contribution in [0.1, 0.15) is 25.8 Å². The summed E-state index contributed by atoms with van der Waals surface area (Å²) < 4.78 is 11.4. The smallest absolute Gasteiger partial charge is 0.122 e. The Hall–Kier alpha value is -2.00. The molecule has 22 heavy (non-hydrogen) atoms. The molecule has 0 aliphatic heterocycles. The zero-order valence-electron chi connectivity index (χ0n) is 13.4. The zero-order chi connectivity index (χ0) is 15.8.